The molecule has 2 saturated carbocycles. The zero-order valence-electron chi connectivity index (χ0n) is 22.2. The Morgan fingerprint density at radius 2 is 1.75 bits per heavy atom. The van der Waals surface area contributed by atoms with Crippen molar-refractivity contribution in [3.8, 4) is 5.75 Å². The van der Waals surface area contributed by atoms with Gasteiger partial charge in [-0.3, -0.25) is 14.5 Å². The lowest BCUT2D eigenvalue weighted by Crippen LogP contribution is -2.56. The van der Waals surface area contributed by atoms with Crippen molar-refractivity contribution in [1.29, 1.82) is 0 Å². The lowest BCUT2D eigenvalue weighted by Gasteiger charge is -2.37. The largest absolute Gasteiger partial charge is 0.496 e. The van der Waals surface area contributed by atoms with E-state index in [1.165, 1.54) is 0 Å². The summed E-state index contributed by atoms with van der Waals surface area (Å²) >= 11 is 0. The molecule has 8 heteroatoms. The van der Waals surface area contributed by atoms with E-state index in [0.29, 0.717) is 42.9 Å². The van der Waals surface area contributed by atoms with Gasteiger partial charge in [0.1, 0.15) is 17.4 Å². The Labute approximate surface area is 215 Å². The van der Waals surface area contributed by atoms with Crippen molar-refractivity contribution in [3.63, 3.8) is 0 Å². The van der Waals surface area contributed by atoms with Gasteiger partial charge in [-0.25, -0.2) is 4.98 Å². The second kappa shape index (κ2) is 12.0. The minimum absolute atomic E-state index is 0.0711. The van der Waals surface area contributed by atoms with E-state index in [1.54, 1.807) is 25.3 Å². The number of carbonyl (C=O) groups is 2. The summed E-state index contributed by atoms with van der Waals surface area (Å²) in [6.45, 7) is 5.72. The molecule has 2 heterocycles. The van der Waals surface area contributed by atoms with E-state index < -0.39 is 17.9 Å². The number of carbonyl (C=O) groups excluding carboxylic acids is 2. The van der Waals surface area contributed by atoms with E-state index in [4.69, 9.17) is 9.47 Å². The zero-order chi connectivity index (χ0) is 25.8. The zero-order valence-corrected chi connectivity index (χ0v) is 22.2. The Hall–Kier alpha value is -2.03. The second-order valence-electron chi connectivity index (χ2n) is 11.3. The first-order valence-corrected chi connectivity index (χ1v) is 13.6. The van der Waals surface area contributed by atoms with E-state index in [1.807, 2.05) is 6.07 Å². The SMILES string of the molecule is COCC1CCC(CC(=O)[C@@H]2CNC[C@H](C(=O)N(c3cc(OC)c(C(C)C)cn3)C3CC3)[C@@H]2O)CC1. The minimum Gasteiger partial charge on any atom is -0.496 e. The van der Waals surface area contributed by atoms with Crippen molar-refractivity contribution in [3.05, 3.63) is 17.8 Å². The minimum atomic E-state index is -0.992. The van der Waals surface area contributed by atoms with Crippen molar-refractivity contribution in [1.82, 2.24) is 10.3 Å². The molecule has 2 N–H and O–H groups in total. The number of ether oxygens (including phenoxy) is 2. The van der Waals surface area contributed by atoms with E-state index in [9.17, 15) is 14.7 Å². The molecule has 1 aromatic rings. The number of methoxy groups -OCH3 is 2. The van der Waals surface area contributed by atoms with Crippen LogP contribution in [0.5, 0.6) is 5.75 Å². The van der Waals surface area contributed by atoms with Gasteiger partial charge in [-0.15, -0.1) is 0 Å². The molecular formula is C28H43N3O5. The second-order valence-corrected chi connectivity index (χ2v) is 11.3. The molecule has 0 radical (unpaired) electrons. The summed E-state index contributed by atoms with van der Waals surface area (Å²) in [5, 5.41) is 14.5. The number of rotatable bonds is 10. The number of Topliss-reactive ketones (excluding diaryl/α,β-unsaturated/α-hetero) is 1. The number of pyridine rings is 1. The highest BCUT2D eigenvalue weighted by atomic mass is 16.5. The first-order valence-electron chi connectivity index (χ1n) is 13.6. The van der Waals surface area contributed by atoms with Crippen LogP contribution in [0.15, 0.2) is 12.3 Å². The fourth-order valence-electron chi connectivity index (χ4n) is 5.90. The lowest BCUT2D eigenvalue weighted by molar-refractivity contribution is -0.135. The average Bonchev–Trinajstić information content (AvgIpc) is 3.70. The standard InChI is InChI=1S/C28H43N3O5/c1-17(2)21-15-30-26(12-25(21)36-4)31(20-9-10-20)28(34)23-14-29-13-22(27(23)33)24(32)11-18-5-7-19(8-6-18)16-35-3/h12,15,17-20,22-23,27,29,33H,5-11,13-14,16H2,1-4H3/t18?,19?,22-,23-,27+/m0/s1. The maximum absolute atomic E-state index is 13.8. The van der Waals surface area contributed by atoms with Crippen LogP contribution in [0.4, 0.5) is 5.82 Å². The summed E-state index contributed by atoms with van der Waals surface area (Å²) in [5.41, 5.74) is 0.991. The van der Waals surface area contributed by atoms with Crippen molar-refractivity contribution in [2.75, 3.05) is 38.8 Å². The molecule has 0 bridgehead atoms. The molecule has 4 rings (SSSR count). The van der Waals surface area contributed by atoms with E-state index in [-0.39, 0.29) is 23.7 Å². The molecule has 1 aromatic heterocycles. The number of nitrogens with zero attached hydrogens (tertiary/aromatic N) is 2. The fourth-order valence-corrected chi connectivity index (χ4v) is 5.90. The summed E-state index contributed by atoms with van der Waals surface area (Å²) < 4.78 is 10.9. The predicted octanol–water partition coefficient (Wildman–Crippen LogP) is 3.32. The van der Waals surface area contributed by atoms with Gasteiger partial charge in [-0.2, -0.15) is 0 Å². The summed E-state index contributed by atoms with van der Waals surface area (Å²) in [6, 6.07) is 1.90. The highest BCUT2D eigenvalue weighted by Crippen LogP contribution is 2.37. The topological polar surface area (TPSA) is 101 Å². The molecule has 3 atom stereocenters. The van der Waals surface area contributed by atoms with E-state index in [0.717, 1.165) is 50.7 Å². The van der Waals surface area contributed by atoms with Crippen LogP contribution in [0.3, 0.4) is 0 Å². The van der Waals surface area contributed by atoms with Crippen LogP contribution in [0.2, 0.25) is 0 Å². The molecule has 36 heavy (non-hydrogen) atoms. The number of anilines is 1. The number of aliphatic hydroxyl groups is 1. The molecule has 8 nitrogen and oxygen atoms in total. The highest BCUT2D eigenvalue weighted by molar-refractivity contribution is 5.97. The number of nitrogens with one attached hydrogen (secondary N) is 1. The molecular weight excluding hydrogens is 458 g/mol. The van der Waals surface area contributed by atoms with Crippen LogP contribution in [0, 0.1) is 23.7 Å². The molecule has 0 unspecified atom stereocenters. The van der Waals surface area contributed by atoms with Gasteiger partial charge in [0.15, 0.2) is 0 Å². The van der Waals surface area contributed by atoms with Gasteiger partial charge in [-0.05, 0) is 56.3 Å². The molecule has 2 aliphatic carbocycles. The van der Waals surface area contributed by atoms with Gasteiger partial charge >= 0.3 is 0 Å². The molecule has 3 fully saturated rings. The third-order valence-corrected chi connectivity index (χ3v) is 8.26. The summed E-state index contributed by atoms with van der Waals surface area (Å²) in [7, 11) is 3.37. The number of hydrogen-bond donors (Lipinski definition) is 2. The Bertz CT molecular complexity index is 910. The summed E-state index contributed by atoms with van der Waals surface area (Å²) in [4.78, 5) is 33.4. The summed E-state index contributed by atoms with van der Waals surface area (Å²) in [6.07, 6.45) is 7.30. The number of amides is 1. The molecule has 1 saturated heterocycles. The molecule has 200 valence electrons. The molecule has 0 aromatic carbocycles. The Kier molecular flexibility index (Phi) is 9.01. The lowest BCUT2D eigenvalue weighted by atomic mass is 9.76. The van der Waals surface area contributed by atoms with Crippen LogP contribution >= 0.6 is 0 Å². The Balaban J connectivity index is 1.44. The molecule has 0 spiro atoms. The first kappa shape index (κ1) is 27.0. The third-order valence-electron chi connectivity index (χ3n) is 8.26. The predicted molar refractivity (Wildman–Crippen MR) is 138 cm³/mol. The van der Waals surface area contributed by atoms with Gasteiger partial charge < -0.3 is 19.9 Å². The molecule has 1 aliphatic heterocycles. The van der Waals surface area contributed by atoms with Gasteiger partial charge in [0.25, 0.3) is 0 Å². The van der Waals surface area contributed by atoms with E-state index in [2.05, 4.69) is 24.1 Å². The van der Waals surface area contributed by atoms with Gasteiger partial charge in [0.05, 0.1) is 25.0 Å². The fraction of sp³-hybridized carbons (Fsp3) is 0.750. The number of piperidine rings is 1. The van der Waals surface area contributed by atoms with Crippen molar-refractivity contribution < 1.29 is 24.2 Å². The Morgan fingerprint density at radius 3 is 2.36 bits per heavy atom. The summed E-state index contributed by atoms with van der Waals surface area (Å²) in [5.74, 6) is 1.12. The first-order chi connectivity index (χ1) is 17.3. The third kappa shape index (κ3) is 6.09. The monoisotopic (exact) mass is 501 g/mol. The number of aliphatic hydroxyl groups excluding tert-OH is 1. The van der Waals surface area contributed by atoms with Gasteiger partial charge in [0, 0.05) is 57.1 Å². The maximum atomic E-state index is 13.8. The van der Waals surface area contributed by atoms with Crippen molar-refractivity contribution in [2.24, 2.45) is 23.7 Å². The normalized spacial score (nSPS) is 28.7. The smallest absolute Gasteiger partial charge is 0.235 e. The number of hydrogen-bond acceptors (Lipinski definition) is 7. The average molecular weight is 502 g/mol. The molecule has 3 aliphatic rings. The highest BCUT2D eigenvalue weighted by Gasteiger charge is 2.45. The van der Waals surface area contributed by atoms with Crippen LogP contribution in [-0.2, 0) is 14.3 Å². The van der Waals surface area contributed by atoms with Gasteiger partial charge in [-0.1, -0.05) is 13.8 Å². The van der Waals surface area contributed by atoms with Crippen molar-refractivity contribution in [2.45, 2.75) is 76.9 Å². The van der Waals surface area contributed by atoms with Crippen LogP contribution < -0.4 is 15.0 Å². The van der Waals surface area contributed by atoms with E-state index >= 15 is 0 Å². The van der Waals surface area contributed by atoms with Crippen molar-refractivity contribution >= 4 is 17.5 Å². The van der Waals surface area contributed by atoms with Gasteiger partial charge in [0.2, 0.25) is 5.91 Å². The Morgan fingerprint density at radius 1 is 1.08 bits per heavy atom. The quantitative estimate of drug-likeness (QED) is 0.507. The molecule has 1 amide bonds. The number of ketones is 1. The van der Waals surface area contributed by atoms with Crippen LogP contribution in [-0.4, -0.2) is 67.8 Å². The number of aromatic nitrogens is 1. The van der Waals surface area contributed by atoms with Crippen LogP contribution in [0.25, 0.3) is 0 Å². The maximum Gasteiger partial charge on any atom is 0.235 e. The van der Waals surface area contributed by atoms with Crippen LogP contribution in [0.1, 0.15) is 70.3 Å².